The van der Waals surface area contributed by atoms with Crippen molar-refractivity contribution in [1.29, 1.82) is 0 Å². The third kappa shape index (κ3) is 21.8. The number of benzene rings is 3. The number of phenols is 1. The first-order chi connectivity index (χ1) is 27.7. The Kier molecular flexibility index (Phi) is 30.9. The summed E-state index contributed by atoms with van der Waals surface area (Å²) in [6.45, 7) is 18.1. The van der Waals surface area contributed by atoms with Gasteiger partial charge in [0.2, 0.25) is 6.41 Å². The van der Waals surface area contributed by atoms with E-state index in [2.05, 4.69) is 26.3 Å². The molecule has 1 aliphatic rings. The van der Waals surface area contributed by atoms with Crippen molar-refractivity contribution in [2.24, 2.45) is 0 Å². The second kappa shape index (κ2) is 32.7. The Morgan fingerprint density at radius 2 is 1.53 bits per heavy atom. The molecule has 1 saturated heterocycles. The van der Waals surface area contributed by atoms with Gasteiger partial charge < -0.3 is 34.7 Å². The fourth-order valence-corrected chi connectivity index (χ4v) is 5.45. The van der Waals surface area contributed by atoms with E-state index in [0.29, 0.717) is 17.7 Å². The average molecular weight is 811 g/mol. The highest BCUT2D eigenvalue weighted by molar-refractivity contribution is 5.69. The molecule has 1 fully saturated rings. The van der Waals surface area contributed by atoms with Crippen LogP contribution in [-0.4, -0.2) is 77.2 Å². The zero-order chi connectivity index (χ0) is 44.5. The van der Waals surface area contributed by atoms with E-state index in [4.69, 9.17) is 14.9 Å². The molecular formula is C47H65F3N2O6. The summed E-state index contributed by atoms with van der Waals surface area (Å²) in [6.07, 6.45) is 15.2. The van der Waals surface area contributed by atoms with Crippen molar-refractivity contribution in [3.05, 3.63) is 125 Å². The normalized spacial score (nSPS) is 13.0. The third-order valence-electron chi connectivity index (χ3n) is 8.65. The highest BCUT2D eigenvalue weighted by Gasteiger charge is 2.32. The van der Waals surface area contributed by atoms with Gasteiger partial charge in [0.25, 0.3) is 0 Å². The van der Waals surface area contributed by atoms with E-state index >= 15 is 0 Å². The van der Waals surface area contributed by atoms with Gasteiger partial charge in [0.05, 0.1) is 31.4 Å². The molecule has 2 unspecified atom stereocenters. The summed E-state index contributed by atoms with van der Waals surface area (Å²) >= 11 is 0. The second-order valence-corrected chi connectivity index (χ2v) is 12.7. The molecule has 1 heterocycles. The fourth-order valence-electron chi connectivity index (χ4n) is 5.45. The van der Waals surface area contributed by atoms with Crippen LogP contribution in [0.3, 0.4) is 0 Å². The van der Waals surface area contributed by atoms with Crippen LogP contribution in [0.1, 0.15) is 95.4 Å². The average Bonchev–Trinajstić information content (AvgIpc) is 3.25. The molecule has 0 spiro atoms. The van der Waals surface area contributed by atoms with Crippen LogP contribution in [0.15, 0.2) is 103 Å². The first kappa shape index (κ1) is 54.8. The van der Waals surface area contributed by atoms with Crippen molar-refractivity contribution < 1.29 is 42.8 Å². The Morgan fingerprint density at radius 3 is 1.91 bits per heavy atom. The van der Waals surface area contributed by atoms with E-state index in [1.165, 1.54) is 25.3 Å². The number of nitrogens with zero attached hydrogens (tertiary/aromatic N) is 2. The number of halogens is 3. The number of piperidine rings is 1. The van der Waals surface area contributed by atoms with Gasteiger partial charge in [-0.05, 0) is 88.4 Å². The number of alkyl halides is 3. The maximum atomic E-state index is 13.2. The highest BCUT2D eigenvalue weighted by Crippen LogP contribution is 2.38. The van der Waals surface area contributed by atoms with Crippen LogP contribution in [0.4, 0.5) is 13.2 Å². The predicted octanol–water partition coefficient (Wildman–Crippen LogP) is 10.1. The quantitative estimate of drug-likeness (QED) is 0.0949. The predicted molar refractivity (Wildman–Crippen MR) is 231 cm³/mol. The lowest BCUT2D eigenvalue weighted by Crippen LogP contribution is -2.35. The molecule has 320 valence electrons. The van der Waals surface area contributed by atoms with Gasteiger partial charge in [-0.1, -0.05) is 86.7 Å². The van der Waals surface area contributed by atoms with Crippen LogP contribution >= 0.6 is 0 Å². The number of aliphatic hydroxyl groups is 2. The first-order valence-corrected chi connectivity index (χ1v) is 19.2. The second-order valence-electron chi connectivity index (χ2n) is 12.7. The molecule has 0 bridgehead atoms. The Bertz CT molecular complexity index is 1620. The number of likely N-dealkylation sites (N-methyl/N-ethyl adjacent to an activating group) is 1. The van der Waals surface area contributed by atoms with Gasteiger partial charge in [0, 0.05) is 43.7 Å². The van der Waals surface area contributed by atoms with Crippen molar-refractivity contribution in [3.8, 4) is 24.3 Å². The van der Waals surface area contributed by atoms with Gasteiger partial charge in [-0.2, -0.15) is 13.2 Å². The summed E-state index contributed by atoms with van der Waals surface area (Å²) in [7, 11) is 1.88. The molecule has 4 rings (SSSR count). The van der Waals surface area contributed by atoms with Crippen LogP contribution in [0.5, 0.6) is 11.5 Å². The van der Waals surface area contributed by atoms with Gasteiger partial charge in [0.15, 0.2) is 0 Å². The molecule has 8 nitrogen and oxygen atoms in total. The van der Waals surface area contributed by atoms with Crippen LogP contribution in [0, 0.1) is 12.8 Å². The van der Waals surface area contributed by atoms with Crippen LogP contribution in [0.2, 0.25) is 0 Å². The van der Waals surface area contributed by atoms with Crippen LogP contribution < -0.4 is 4.74 Å². The molecule has 0 saturated carbocycles. The number of amides is 1. The first-order valence-electron chi connectivity index (χ1n) is 19.2. The number of hydrogen-bond acceptors (Lipinski definition) is 7. The summed E-state index contributed by atoms with van der Waals surface area (Å²) in [5, 5.41) is 26.1. The number of carbonyl (C=O) groups is 2. The molecular weight excluding hydrogens is 746 g/mol. The molecule has 0 radical (unpaired) electrons. The largest absolute Gasteiger partial charge is 0.508 e. The molecule has 0 aliphatic carbocycles. The Hall–Kier alpha value is -5.31. The standard InChI is InChI=1S/C25H30F3NO2.C7H8O.C6H11NO.C4H8O.C3H6O.C2H2/c1-7-16(3)24(17(4)19-9-12-21(30)13-10-19)29(6)18(5)22-14-11-20(25(26,27)28)15-23(22)31-8-2;2*8-6-7-4-2-1-3-5-7;1-2-3-4-5;1-2-3-4;1-2/h7,9-15,17,24,30H,5,8H2,1-4,6H3;1-5,8H,6H2;6H,1-5H2;2-3,5H,4H2,1H3;3H,2H2,1H3;1-2H/b16-7+;;;3-2-;;. The number of phenolic OH excluding ortho intramolecular Hbond substituents is 1. The SMILES string of the molecule is C#C.C/C=C\CO.C=C(c1ccc(C(F)(F)F)cc1OCC)N(C)C(/C(C)=C/C)C(C)c1ccc(O)cc1.CCC=O.O=CN1CCCCC1.OCc1ccccc1. The van der Waals surface area contributed by atoms with Gasteiger partial charge in [-0.25, -0.2) is 0 Å². The minimum absolute atomic E-state index is 0.0311. The number of ether oxygens (including phenoxy) is 1. The summed E-state index contributed by atoms with van der Waals surface area (Å²) < 4.78 is 45.1. The molecule has 3 N–H and O–H groups in total. The molecule has 3 aromatic carbocycles. The molecule has 3 aromatic rings. The lowest BCUT2D eigenvalue weighted by Gasteiger charge is -2.37. The highest BCUT2D eigenvalue weighted by atomic mass is 19.4. The molecule has 11 heteroatoms. The number of terminal acetylenes is 1. The molecule has 1 amide bonds. The molecule has 2 atom stereocenters. The molecule has 58 heavy (non-hydrogen) atoms. The zero-order valence-electron chi connectivity index (χ0n) is 35.3. The molecule has 1 aliphatic heterocycles. The van der Waals surface area contributed by atoms with E-state index in [-0.39, 0.29) is 43.3 Å². The van der Waals surface area contributed by atoms with Crippen LogP contribution in [0.25, 0.3) is 5.70 Å². The van der Waals surface area contributed by atoms with Crippen molar-refractivity contribution in [1.82, 2.24) is 9.80 Å². The number of carbonyl (C=O) groups excluding carboxylic acids is 2. The van der Waals surface area contributed by atoms with Crippen LogP contribution in [-0.2, 0) is 22.4 Å². The van der Waals surface area contributed by atoms with Gasteiger partial charge in [-0.3, -0.25) is 4.79 Å². The van der Waals surface area contributed by atoms with E-state index in [1.807, 2.05) is 93.1 Å². The lowest BCUT2D eigenvalue weighted by molar-refractivity contribution is -0.137. The van der Waals surface area contributed by atoms with Crippen molar-refractivity contribution >= 4 is 18.4 Å². The summed E-state index contributed by atoms with van der Waals surface area (Å²) in [5.74, 6) is 0.381. The maximum Gasteiger partial charge on any atom is 0.416 e. The fraction of sp³-hybridized carbons (Fsp3) is 0.404. The Labute approximate surface area is 345 Å². The number of hydrogen-bond donors (Lipinski definition) is 3. The minimum Gasteiger partial charge on any atom is -0.508 e. The van der Waals surface area contributed by atoms with Crippen molar-refractivity contribution in [3.63, 3.8) is 0 Å². The minimum atomic E-state index is -4.45. The summed E-state index contributed by atoms with van der Waals surface area (Å²) in [5.41, 5.74) is 3.41. The lowest BCUT2D eigenvalue weighted by atomic mass is 9.87. The van der Waals surface area contributed by atoms with E-state index < -0.39 is 11.7 Å². The number of likely N-dealkylation sites (tertiary alicyclic amines) is 1. The summed E-state index contributed by atoms with van der Waals surface area (Å²) in [6, 6.07) is 20.0. The summed E-state index contributed by atoms with van der Waals surface area (Å²) in [4.78, 5) is 23.1. The van der Waals surface area contributed by atoms with Gasteiger partial charge in [0.1, 0.15) is 17.8 Å². The zero-order valence-corrected chi connectivity index (χ0v) is 35.3. The number of aromatic hydroxyl groups is 1. The number of rotatable bonds is 12. The maximum absolute atomic E-state index is 13.2. The Balaban J connectivity index is 0. The van der Waals surface area contributed by atoms with Gasteiger partial charge >= 0.3 is 6.18 Å². The third-order valence-corrected chi connectivity index (χ3v) is 8.65. The smallest absolute Gasteiger partial charge is 0.416 e. The van der Waals surface area contributed by atoms with E-state index in [1.54, 1.807) is 31.2 Å². The topological polar surface area (TPSA) is 111 Å². The number of allylic oxidation sites excluding steroid dienone is 2. The monoisotopic (exact) mass is 810 g/mol. The van der Waals surface area contributed by atoms with Crippen molar-refractivity contribution in [2.75, 3.05) is 33.4 Å². The number of aldehydes is 1. The number of aliphatic hydroxyl groups excluding tert-OH is 2. The van der Waals surface area contributed by atoms with Gasteiger partial charge in [-0.15, -0.1) is 12.8 Å². The molecule has 0 aromatic heterocycles. The van der Waals surface area contributed by atoms with E-state index in [0.717, 1.165) is 54.6 Å². The Morgan fingerprint density at radius 1 is 0.966 bits per heavy atom. The van der Waals surface area contributed by atoms with E-state index in [9.17, 15) is 27.9 Å². The van der Waals surface area contributed by atoms with Crippen molar-refractivity contribution in [2.45, 2.75) is 92.0 Å².